The number of benzene rings is 1. The van der Waals surface area contributed by atoms with Crippen molar-refractivity contribution in [3.8, 4) is 0 Å². The van der Waals surface area contributed by atoms with Crippen LogP contribution in [0.3, 0.4) is 0 Å². The Balaban J connectivity index is 1.96. The Morgan fingerprint density at radius 2 is 1.96 bits per heavy atom. The van der Waals surface area contributed by atoms with Crippen LogP contribution in [-0.2, 0) is 22.7 Å². The highest BCUT2D eigenvalue weighted by Crippen LogP contribution is 2.08. The van der Waals surface area contributed by atoms with Crippen LogP contribution in [0.2, 0.25) is 0 Å². The monoisotopic (exact) mass is 331 g/mol. The summed E-state index contributed by atoms with van der Waals surface area (Å²) in [6, 6.07) is 11.3. The molecule has 1 atom stereocenters. The van der Waals surface area contributed by atoms with E-state index in [0.29, 0.717) is 5.69 Å². The van der Waals surface area contributed by atoms with Crippen molar-refractivity contribution in [2.24, 2.45) is 0 Å². The number of alkyl carbamates (subject to hydrolysis) is 1. The number of ether oxygens (including phenoxy) is 1. The number of nitrogens with one attached hydrogen (secondary N) is 1. The quantitative estimate of drug-likeness (QED) is 0.826. The molecule has 8 nitrogen and oxygen atoms in total. The van der Waals surface area contributed by atoms with Gasteiger partial charge in [-0.1, -0.05) is 30.3 Å². The first-order chi connectivity index (χ1) is 11.5. The molecular formula is C16H17N3O5. The molecule has 8 heteroatoms. The lowest BCUT2D eigenvalue weighted by atomic mass is 10.2. The lowest BCUT2D eigenvalue weighted by molar-refractivity contribution is -0.138. The highest BCUT2D eigenvalue weighted by Gasteiger charge is 2.14. The van der Waals surface area contributed by atoms with Gasteiger partial charge in [-0.05, 0) is 18.6 Å². The molecule has 1 amide bonds. The topological polar surface area (TPSA) is 111 Å². The van der Waals surface area contributed by atoms with Gasteiger partial charge in [0.05, 0.1) is 11.7 Å². The van der Waals surface area contributed by atoms with Crippen LogP contribution >= 0.6 is 0 Å². The molecule has 0 bridgehead atoms. The Morgan fingerprint density at radius 3 is 2.62 bits per heavy atom. The maximum atomic E-state index is 11.8. The van der Waals surface area contributed by atoms with Crippen LogP contribution < -0.4 is 10.9 Å². The van der Waals surface area contributed by atoms with Crippen molar-refractivity contribution in [2.45, 2.75) is 26.1 Å². The average molecular weight is 331 g/mol. The summed E-state index contributed by atoms with van der Waals surface area (Å²) in [5.74, 6) is -1.18. The van der Waals surface area contributed by atoms with Gasteiger partial charge in [-0.3, -0.25) is 9.59 Å². The number of rotatable bonds is 6. The van der Waals surface area contributed by atoms with Crippen molar-refractivity contribution in [2.75, 3.05) is 0 Å². The third-order valence-electron chi connectivity index (χ3n) is 3.16. The first-order valence-electron chi connectivity index (χ1n) is 7.23. The molecule has 0 unspecified atom stereocenters. The Labute approximate surface area is 137 Å². The molecule has 126 valence electrons. The van der Waals surface area contributed by atoms with Crippen LogP contribution in [0.1, 0.15) is 24.2 Å². The summed E-state index contributed by atoms with van der Waals surface area (Å²) in [4.78, 5) is 34.1. The highest BCUT2D eigenvalue weighted by atomic mass is 16.5. The number of hydrogen-bond donors (Lipinski definition) is 2. The highest BCUT2D eigenvalue weighted by molar-refractivity contribution is 5.67. The molecule has 0 fully saturated rings. The molecule has 0 saturated heterocycles. The molecule has 0 aliphatic rings. The fraction of sp³-hybridized carbons (Fsp3) is 0.250. The van der Waals surface area contributed by atoms with Gasteiger partial charge in [-0.15, -0.1) is 0 Å². The summed E-state index contributed by atoms with van der Waals surface area (Å²) in [6.45, 7) is 1.24. The molecule has 2 rings (SSSR count). The SMILES string of the molecule is C[C@H](NC(=O)OCc1ccccc1)c1ccc(=O)n(CC(=O)O)n1. The molecule has 2 aromatic rings. The predicted molar refractivity (Wildman–Crippen MR) is 84.3 cm³/mol. The predicted octanol–water partition coefficient (Wildman–Crippen LogP) is 1.32. The minimum absolute atomic E-state index is 0.130. The molecule has 1 aromatic carbocycles. The lowest BCUT2D eigenvalue weighted by Gasteiger charge is -2.14. The molecule has 0 spiro atoms. The summed E-state index contributed by atoms with van der Waals surface area (Å²) in [5.41, 5.74) is 0.681. The zero-order valence-electron chi connectivity index (χ0n) is 13.0. The second kappa shape index (κ2) is 7.91. The van der Waals surface area contributed by atoms with Crippen molar-refractivity contribution in [3.63, 3.8) is 0 Å². The van der Waals surface area contributed by atoms with Gasteiger partial charge in [-0.25, -0.2) is 9.48 Å². The van der Waals surface area contributed by atoms with Crippen LogP contribution in [0.5, 0.6) is 0 Å². The number of nitrogens with zero attached hydrogens (tertiary/aromatic N) is 2. The van der Waals surface area contributed by atoms with Crippen molar-refractivity contribution in [3.05, 3.63) is 64.1 Å². The molecular weight excluding hydrogens is 314 g/mol. The van der Waals surface area contributed by atoms with Gasteiger partial charge in [0.25, 0.3) is 5.56 Å². The summed E-state index contributed by atoms with van der Waals surface area (Å²) < 4.78 is 5.92. The van der Waals surface area contributed by atoms with E-state index in [1.54, 1.807) is 6.92 Å². The lowest BCUT2D eigenvalue weighted by Crippen LogP contribution is -2.31. The van der Waals surface area contributed by atoms with Crippen molar-refractivity contribution >= 4 is 12.1 Å². The van der Waals surface area contributed by atoms with E-state index >= 15 is 0 Å². The molecule has 0 aliphatic heterocycles. The first-order valence-corrected chi connectivity index (χ1v) is 7.23. The van der Waals surface area contributed by atoms with Gasteiger partial charge in [0.1, 0.15) is 13.2 Å². The standard InChI is InChI=1S/C16H17N3O5/c1-11(13-7-8-14(20)19(18-13)9-15(21)22)17-16(23)24-10-12-5-3-2-4-6-12/h2-8,11H,9-10H2,1H3,(H,17,23)(H,21,22)/t11-/m0/s1. The van der Waals surface area contributed by atoms with Crippen LogP contribution in [0.15, 0.2) is 47.3 Å². The molecule has 0 saturated carbocycles. The summed E-state index contributed by atoms with van der Waals surface area (Å²) in [7, 11) is 0. The Bertz CT molecular complexity index is 773. The fourth-order valence-electron chi connectivity index (χ4n) is 1.95. The number of carbonyl (C=O) groups excluding carboxylic acids is 1. The molecule has 24 heavy (non-hydrogen) atoms. The maximum Gasteiger partial charge on any atom is 0.407 e. The minimum Gasteiger partial charge on any atom is -0.480 e. The van der Waals surface area contributed by atoms with Crippen LogP contribution in [0.25, 0.3) is 0 Å². The van der Waals surface area contributed by atoms with Gasteiger partial charge in [0, 0.05) is 6.07 Å². The zero-order chi connectivity index (χ0) is 17.5. The number of aliphatic carboxylic acids is 1. The third-order valence-corrected chi connectivity index (χ3v) is 3.16. The van der Waals surface area contributed by atoms with E-state index in [0.717, 1.165) is 10.2 Å². The van der Waals surface area contributed by atoms with E-state index in [4.69, 9.17) is 9.84 Å². The molecule has 2 N–H and O–H groups in total. The number of carbonyl (C=O) groups is 2. The Hall–Kier alpha value is -3.16. The van der Waals surface area contributed by atoms with Gasteiger partial charge >= 0.3 is 12.1 Å². The van der Waals surface area contributed by atoms with E-state index in [-0.39, 0.29) is 6.61 Å². The van der Waals surface area contributed by atoms with E-state index in [1.807, 2.05) is 30.3 Å². The largest absolute Gasteiger partial charge is 0.480 e. The van der Waals surface area contributed by atoms with Crippen LogP contribution in [-0.4, -0.2) is 26.9 Å². The van der Waals surface area contributed by atoms with E-state index in [2.05, 4.69) is 10.4 Å². The zero-order valence-corrected chi connectivity index (χ0v) is 13.0. The number of aromatic nitrogens is 2. The van der Waals surface area contributed by atoms with Gasteiger partial charge in [0.15, 0.2) is 0 Å². The summed E-state index contributed by atoms with van der Waals surface area (Å²) in [5, 5.41) is 15.3. The van der Waals surface area contributed by atoms with E-state index in [1.165, 1.54) is 12.1 Å². The smallest absolute Gasteiger partial charge is 0.407 e. The van der Waals surface area contributed by atoms with Gasteiger partial charge in [-0.2, -0.15) is 5.10 Å². The van der Waals surface area contributed by atoms with E-state index < -0.39 is 30.2 Å². The fourth-order valence-corrected chi connectivity index (χ4v) is 1.95. The Kier molecular flexibility index (Phi) is 5.67. The maximum absolute atomic E-state index is 11.8. The number of hydrogen-bond acceptors (Lipinski definition) is 5. The minimum atomic E-state index is -1.18. The van der Waals surface area contributed by atoms with Crippen LogP contribution in [0, 0.1) is 0 Å². The van der Waals surface area contributed by atoms with Gasteiger partial charge < -0.3 is 15.2 Å². The van der Waals surface area contributed by atoms with Crippen molar-refractivity contribution in [1.29, 1.82) is 0 Å². The first kappa shape index (κ1) is 17.2. The average Bonchev–Trinajstić information content (AvgIpc) is 2.55. The van der Waals surface area contributed by atoms with Crippen molar-refractivity contribution in [1.82, 2.24) is 15.1 Å². The summed E-state index contributed by atoms with van der Waals surface area (Å²) in [6.07, 6.45) is -0.635. The molecule has 1 heterocycles. The normalized spacial score (nSPS) is 11.5. The number of carboxylic acids is 1. The van der Waals surface area contributed by atoms with Crippen molar-refractivity contribution < 1.29 is 19.4 Å². The van der Waals surface area contributed by atoms with Crippen LogP contribution in [0.4, 0.5) is 4.79 Å². The van der Waals surface area contributed by atoms with E-state index in [9.17, 15) is 14.4 Å². The molecule has 0 radical (unpaired) electrons. The second-order valence-electron chi connectivity index (χ2n) is 5.08. The van der Waals surface area contributed by atoms with Gasteiger partial charge in [0.2, 0.25) is 0 Å². The molecule has 1 aromatic heterocycles. The Morgan fingerprint density at radius 1 is 1.25 bits per heavy atom. The molecule has 0 aliphatic carbocycles. The number of carboxylic acid groups (broad SMARTS) is 1. The second-order valence-corrected chi connectivity index (χ2v) is 5.08. The summed E-state index contributed by atoms with van der Waals surface area (Å²) >= 11 is 0. The number of amides is 1. The third kappa shape index (κ3) is 4.94.